The number of nitrogens with one attached hydrogen (secondary N) is 1. The van der Waals surface area contributed by atoms with Crippen molar-refractivity contribution in [1.29, 1.82) is 0 Å². The van der Waals surface area contributed by atoms with Gasteiger partial charge in [-0.05, 0) is 24.1 Å². The molecular formula is C27H36F2N4O8. The smallest absolute Gasteiger partial charge is 0.248 e. The van der Waals surface area contributed by atoms with E-state index in [1.165, 1.54) is 18.1 Å². The molecule has 5 rings (SSSR count). The Balaban J connectivity index is 1.41. The fourth-order valence-electron chi connectivity index (χ4n) is 6.12. The third-order valence-corrected chi connectivity index (χ3v) is 8.17. The lowest BCUT2D eigenvalue weighted by Crippen LogP contribution is -2.55. The number of halogens is 2. The van der Waals surface area contributed by atoms with Crippen LogP contribution in [0.4, 0.5) is 8.78 Å². The zero-order chi connectivity index (χ0) is 29.3. The number of hydrogen-bond donors (Lipinski definition) is 3. The first-order chi connectivity index (χ1) is 19.6. The van der Waals surface area contributed by atoms with Crippen LogP contribution < -0.4 is 5.32 Å². The van der Waals surface area contributed by atoms with Gasteiger partial charge in [-0.25, -0.2) is 8.78 Å². The molecule has 12 nitrogen and oxygen atoms in total. The normalized spacial score (nSPS) is 33.2. The molecule has 226 valence electrons. The largest absolute Gasteiger partial charge is 0.388 e. The number of benzene rings is 1. The van der Waals surface area contributed by atoms with E-state index in [1.807, 2.05) is 4.90 Å². The van der Waals surface area contributed by atoms with E-state index in [2.05, 4.69) is 5.32 Å². The van der Waals surface area contributed by atoms with Crippen molar-refractivity contribution in [3.63, 3.8) is 0 Å². The summed E-state index contributed by atoms with van der Waals surface area (Å²) < 4.78 is 44.2. The van der Waals surface area contributed by atoms with Gasteiger partial charge < -0.3 is 39.5 Å². The number of aliphatic hydroxyl groups excluding tert-OH is 2. The maximum atomic E-state index is 13.9. The monoisotopic (exact) mass is 582 g/mol. The van der Waals surface area contributed by atoms with Crippen LogP contribution in [-0.4, -0.2) is 138 Å². The van der Waals surface area contributed by atoms with Gasteiger partial charge in [0, 0.05) is 52.4 Å². The molecule has 4 aliphatic heterocycles. The van der Waals surface area contributed by atoms with Crippen LogP contribution in [0.15, 0.2) is 18.2 Å². The number of hydrogen-bond acceptors (Lipinski definition) is 9. The second kappa shape index (κ2) is 12.6. The van der Waals surface area contributed by atoms with Gasteiger partial charge in [0.25, 0.3) is 0 Å². The van der Waals surface area contributed by atoms with E-state index in [4.69, 9.17) is 14.2 Å². The highest BCUT2D eigenvalue weighted by Crippen LogP contribution is 2.28. The summed E-state index contributed by atoms with van der Waals surface area (Å²) in [5, 5.41) is 24.2. The minimum atomic E-state index is -1.34. The quantitative estimate of drug-likeness (QED) is 0.392. The molecule has 3 amide bonds. The molecule has 4 heterocycles. The molecule has 0 saturated carbocycles. The standard InChI is InChI=1S/C27H36F2N4O8/c1-39-14-24(35)33-12-17-11-31(4-5-40-17)27(38)20-7-16(10-32(20)9-15-2-3-18(28)19(29)6-15)30-23(34)8-21-25(36)26(37)22(13-33)41-21/h2-3,6,16-17,20-22,25-26,36-37H,4-5,7-14H2,1H3,(H,30,34)/t16-,17-,20-,21-,22+,25-,26+/m0/s1. The van der Waals surface area contributed by atoms with Crippen LogP contribution in [0, 0.1) is 11.6 Å². The number of nitrogens with zero attached hydrogens (tertiary/aromatic N) is 3. The number of rotatable bonds is 4. The van der Waals surface area contributed by atoms with E-state index >= 15 is 0 Å². The Bertz CT molecular complexity index is 1140. The van der Waals surface area contributed by atoms with Crippen LogP contribution >= 0.6 is 0 Å². The SMILES string of the molecule is COCC(=O)N1C[C@@H]2CN(CCO2)C(=O)[C@@H]2C[C@@H](CN2Cc2ccc(F)c(F)c2)NC(=O)C[C@@H]2O[C@H](C1)[C@@H](O)[C@H]2O. The molecule has 4 fully saturated rings. The summed E-state index contributed by atoms with van der Waals surface area (Å²) in [5.74, 6) is -2.96. The first kappa shape index (κ1) is 29.7. The molecule has 0 spiro atoms. The van der Waals surface area contributed by atoms with Crippen molar-refractivity contribution in [2.45, 2.75) is 62.0 Å². The number of carbonyl (C=O) groups excluding carboxylic acids is 3. The van der Waals surface area contributed by atoms with Crippen LogP contribution in [-0.2, 0) is 35.1 Å². The minimum absolute atomic E-state index is 0.0698. The van der Waals surface area contributed by atoms with E-state index in [1.54, 1.807) is 4.90 Å². The highest BCUT2D eigenvalue weighted by molar-refractivity contribution is 5.83. The average molecular weight is 583 g/mol. The highest BCUT2D eigenvalue weighted by Gasteiger charge is 2.46. The molecule has 41 heavy (non-hydrogen) atoms. The predicted octanol–water partition coefficient (Wildman–Crippen LogP) is -1.38. The molecule has 0 radical (unpaired) electrons. The summed E-state index contributed by atoms with van der Waals surface area (Å²) in [7, 11) is 1.38. The Morgan fingerprint density at radius 1 is 1.10 bits per heavy atom. The van der Waals surface area contributed by atoms with Gasteiger partial charge in [0.15, 0.2) is 11.6 Å². The van der Waals surface area contributed by atoms with Crippen molar-refractivity contribution in [2.24, 2.45) is 0 Å². The van der Waals surface area contributed by atoms with Crippen molar-refractivity contribution in [3.8, 4) is 0 Å². The number of fused-ring (bicyclic) bond motifs is 6. The van der Waals surface area contributed by atoms with Crippen LogP contribution in [0.25, 0.3) is 0 Å². The lowest BCUT2D eigenvalue weighted by atomic mass is 10.0. The Labute approximate surface area is 236 Å². The van der Waals surface area contributed by atoms with Gasteiger partial charge >= 0.3 is 0 Å². The van der Waals surface area contributed by atoms with Crippen molar-refractivity contribution in [1.82, 2.24) is 20.0 Å². The highest BCUT2D eigenvalue weighted by atomic mass is 19.2. The molecule has 6 bridgehead atoms. The number of amides is 3. The Hall–Kier alpha value is -2.75. The van der Waals surface area contributed by atoms with Gasteiger partial charge in [0.1, 0.15) is 24.9 Å². The molecule has 7 atom stereocenters. The number of likely N-dealkylation sites (tertiary alicyclic amines) is 1. The van der Waals surface area contributed by atoms with Crippen molar-refractivity contribution >= 4 is 17.7 Å². The fourth-order valence-corrected chi connectivity index (χ4v) is 6.12. The van der Waals surface area contributed by atoms with E-state index in [0.717, 1.165) is 12.1 Å². The number of morpholine rings is 1. The van der Waals surface area contributed by atoms with E-state index in [-0.39, 0.29) is 70.6 Å². The Morgan fingerprint density at radius 2 is 1.88 bits per heavy atom. The first-order valence-electron chi connectivity index (χ1n) is 13.8. The average Bonchev–Trinajstić information content (AvgIpc) is 3.44. The molecule has 1 aromatic rings. The van der Waals surface area contributed by atoms with Crippen LogP contribution in [0.5, 0.6) is 0 Å². The summed E-state index contributed by atoms with van der Waals surface area (Å²) in [4.78, 5) is 44.6. The van der Waals surface area contributed by atoms with Gasteiger partial charge in [-0.1, -0.05) is 6.07 Å². The zero-order valence-corrected chi connectivity index (χ0v) is 22.8. The number of carbonyl (C=O) groups is 3. The van der Waals surface area contributed by atoms with Crippen molar-refractivity contribution in [3.05, 3.63) is 35.4 Å². The van der Waals surface area contributed by atoms with Crippen molar-refractivity contribution < 1.29 is 47.6 Å². The number of methoxy groups -OCH3 is 1. The lowest BCUT2D eigenvalue weighted by molar-refractivity contribution is -0.148. The third kappa shape index (κ3) is 6.68. The Morgan fingerprint density at radius 3 is 2.63 bits per heavy atom. The molecular weight excluding hydrogens is 546 g/mol. The second-order valence-electron chi connectivity index (χ2n) is 11.1. The van der Waals surface area contributed by atoms with Gasteiger partial charge in [0.05, 0.1) is 31.3 Å². The summed E-state index contributed by atoms with van der Waals surface area (Å²) in [6, 6.07) is 2.52. The predicted molar refractivity (Wildman–Crippen MR) is 137 cm³/mol. The zero-order valence-electron chi connectivity index (χ0n) is 22.8. The molecule has 3 N–H and O–H groups in total. The van der Waals surface area contributed by atoms with Gasteiger partial charge in [-0.2, -0.15) is 0 Å². The molecule has 0 aromatic heterocycles. The van der Waals surface area contributed by atoms with E-state index in [0.29, 0.717) is 12.1 Å². The summed E-state index contributed by atoms with van der Waals surface area (Å²) in [5.41, 5.74) is 0.481. The minimum Gasteiger partial charge on any atom is -0.388 e. The summed E-state index contributed by atoms with van der Waals surface area (Å²) in [6.07, 6.45) is -5.09. The van der Waals surface area contributed by atoms with Crippen LogP contribution in [0.2, 0.25) is 0 Å². The molecule has 14 heteroatoms. The third-order valence-electron chi connectivity index (χ3n) is 8.17. The van der Waals surface area contributed by atoms with E-state index in [9.17, 15) is 33.4 Å². The molecule has 4 aliphatic rings. The van der Waals surface area contributed by atoms with Gasteiger partial charge in [0.2, 0.25) is 17.7 Å². The maximum Gasteiger partial charge on any atom is 0.248 e. The van der Waals surface area contributed by atoms with Crippen LogP contribution in [0.1, 0.15) is 18.4 Å². The first-order valence-corrected chi connectivity index (χ1v) is 13.8. The number of ether oxygens (including phenoxy) is 3. The Kier molecular flexibility index (Phi) is 9.16. The number of aliphatic hydroxyl groups is 2. The molecule has 4 saturated heterocycles. The summed E-state index contributed by atoms with van der Waals surface area (Å²) in [6.45, 7) is 0.995. The van der Waals surface area contributed by atoms with Crippen LogP contribution in [0.3, 0.4) is 0 Å². The van der Waals surface area contributed by atoms with Gasteiger partial charge in [-0.3, -0.25) is 19.3 Å². The topological polar surface area (TPSA) is 141 Å². The molecule has 0 aliphatic carbocycles. The molecule has 0 unspecified atom stereocenters. The lowest BCUT2D eigenvalue weighted by Gasteiger charge is -2.38. The van der Waals surface area contributed by atoms with Crippen molar-refractivity contribution in [2.75, 3.05) is 53.0 Å². The fraction of sp³-hybridized carbons (Fsp3) is 0.667. The summed E-state index contributed by atoms with van der Waals surface area (Å²) >= 11 is 0. The van der Waals surface area contributed by atoms with E-state index < -0.39 is 60.1 Å². The molecule has 1 aromatic carbocycles. The second-order valence-corrected chi connectivity index (χ2v) is 11.1. The maximum absolute atomic E-state index is 13.9. The van der Waals surface area contributed by atoms with Gasteiger partial charge in [-0.15, -0.1) is 0 Å².